The molecule has 1 rings (SSSR count). The number of nitrogens with one attached hydrogen (secondary N) is 2. The fourth-order valence-corrected chi connectivity index (χ4v) is 1.75. The SMILES string of the molecule is CC(=S)Nc1cccc(NS(C)(=O)=O)c1.O=[PH](O)O.O=[PH](O)O. The summed E-state index contributed by atoms with van der Waals surface area (Å²) in [5.74, 6) is 0. The summed E-state index contributed by atoms with van der Waals surface area (Å²) in [4.78, 5) is 29.3. The normalized spacial score (nSPS) is 10.1. The van der Waals surface area contributed by atoms with Crippen LogP contribution in [0.15, 0.2) is 24.3 Å². The summed E-state index contributed by atoms with van der Waals surface area (Å²) >= 11 is 4.88. The van der Waals surface area contributed by atoms with Crippen LogP contribution in [0.4, 0.5) is 11.4 Å². The molecule has 23 heavy (non-hydrogen) atoms. The number of rotatable bonds is 3. The molecule has 134 valence electrons. The molecule has 0 aliphatic heterocycles. The zero-order chi connectivity index (χ0) is 18.6. The second kappa shape index (κ2) is 12.6. The highest BCUT2D eigenvalue weighted by Crippen LogP contribution is 2.15. The summed E-state index contributed by atoms with van der Waals surface area (Å²) in [6, 6.07) is 6.90. The van der Waals surface area contributed by atoms with E-state index in [4.69, 9.17) is 40.9 Å². The number of hydrogen-bond acceptors (Lipinski definition) is 5. The number of thiocarbonyl (C=S) groups is 1. The third kappa shape index (κ3) is 23.6. The van der Waals surface area contributed by atoms with Gasteiger partial charge < -0.3 is 24.9 Å². The van der Waals surface area contributed by atoms with Crippen LogP contribution < -0.4 is 10.0 Å². The van der Waals surface area contributed by atoms with Gasteiger partial charge in [-0.05, 0) is 25.1 Å². The predicted octanol–water partition coefficient (Wildman–Crippen LogP) is 0.539. The molecule has 1 aromatic carbocycles. The maximum atomic E-state index is 11.0. The Morgan fingerprint density at radius 1 is 1.09 bits per heavy atom. The van der Waals surface area contributed by atoms with E-state index < -0.39 is 26.5 Å². The summed E-state index contributed by atoms with van der Waals surface area (Å²) < 4.78 is 41.8. The van der Waals surface area contributed by atoms with Gasteiger partial charge in [0.15, 0.2) is 0 Å². The fraction of sp³-hybridized carbons (Fsp3) is 0.222. The molecular formula is C9H18N2O8P2S2. The minimum Gasteiger partial charge on any atom is -0.350 e. The van der Waals surface area contributed by atoms with Gasteiger partial charge in [0, 0.05) is 5.69 Å². The van der Waals surface area contributed by atoms with E-state index in [0.717, 1.165) is 11.9 Å². The van der Waals surface area contributed by atoms with E-state index >= 15 is 0 Å². The van der Waals surface area contributed by atoms with Gasteiger partial charge in [-0.25, -0.2) is 8.42 Å². The fourth-order valence-electron chi connectivity index (χ4n) is 1.08. The molecule has 0 aromatic heterocycles. The largest absolute Gasteiger partial charge is 0.350 e. The Bertz CT molecular complexity index is 633. The van der Waals surface area contributed by atoms with Crippen molar-refractivity contribution in [3.05, 3.63) is 24.3 Å². The van der Waals surface area contributed by atoms with Gasteiger partial charge in [0.25, 0.3) is 0 Å². The van der Waals surface area contributed by atoms with Gasteiger partial charge >= 0.3 is 16.5 Å². The maximum Gasteiger partial charge on any atom is 0.314 e. The highest BCUT2D eigenvalue weighted by atomic mass is 32.2. The first-order valence-electron chi connectivity index (χ1n) is 5.52. The number of anilines is 2. The van der Waals surface area contributed by atoms with Crippen LogP contribution in [0, 0.1) is 0 Å². The standard InChI is InChI=1S/C9H12N2O2S2.2H3O3P/c1-7(14)10-8-4-3-5-9(6-8)11-15(2,12)13;2*1-4(2)3/h3-6,11H,1-2H3,(H,10,14);2*4H,(H2,1,2,3). The van der Waals surface area contributed by atoms with E-state index in [0.29, 0.717) is 10.7 Å². The van der Waals surface area contributed by atoms with E-state index in [2.05, 4.69) is 10.0 Å². The Labute approximate surface area is 140 Å². The van der Waals surface area contributed by atoms with E-state index in [9.17, 15) is 8.42 Å². The molecule has 0 unspecified atom stereocenters. The Morgan fingerprint density at radius 3 is 1.83 bits per heavy atom. The van der Waals surface area contributed by atoms with Crippen LogP contribution in [0.3, 0.4) is 0 Å². The van der Waals surface area contributed by atoms with E-state index in [1.807, 2.05) is 6.07 Å². The summed E-state index contributed by atoms with van der Waals surface area (Å²) in [6.45, 7) is 1.76. The Balaban J connectivity index is 0. The Kier molecular flexibility index (Phi) is 13.3. The minimum absolute atomic E-state index is 0.513. The van der Waals surface area contributed by atoms with Gasteiger partial charge in [-0.2, -0.15) is 0 Å². The molecule has 0 heterocycles. The van der Waals surface area contributed by atoms with Gasteiger partial charge in [0.1, 0.15) is 0 Å². The van der Waals surface area contributed by atoms with Crippen molar-refractivity contribution in [1.82, 2.24) is 0 Å². The van der Waals surface area contributed by atoms with Gasteiger partial charge in [-0.1, -0.05) is 18.3 Å². The van der Waals surface area contributed by atoms with Crippen LogP contribution in [0.25, 0.3) is 0 Å². The average Bonchev–Trinajstić information content (AvgIpc) is 2.23. The van der Waals surface area contributed by atoms with E-state index in [1.165, 1.54) is 0 Å². The number of sulfonamides is 1. The molecular weight excluding hydrogens is 390 g/mol. The Morgan fingerprint density at radius 2 is 1.48 bits per heavy atom. The van der Waals surface area contributed by atoms with Crippen LogP contribution in [-0.4, -0.2) is 39.2 Å². The average molecular weight is 408 g/mol. The second-order valence-electron chi connectivity index (χ2n) is 3.70. The van der Waals surface area contributed by atoms with Crippen molar-refractivity contribution in [2.24, 2.45) is 0 Å². The smallest absolute Gasteiger partial charge is 0.314 e. The molecule has 0 spiro atoms. The lowest BCUT2D eigenvalue weighted by atomic mass is 10.3. The second-order valence-corrected chi connectivity index (χ2v) is 7.19. The lowest BCUT2D eigenvalue weighted by Crippen LogP contribution is -2.10. The van der Waals surface area contributed by atoms with Crippen LogP contribution in [-0.2, 0) is 19.2 Å². The van der Waals surface area contributed by atoms with E-state index in [1.54, 1.807) is 25.1 Å². The lowest BCUT2D eigenvalue weighted by Gasteiger charge is -2.07. The molecule has 0 aliphatic carbocycles. The van der Waals surface area contributed by atoms with Gasteiger partial charge in [0.2, 0.25) is 10.0 Å². The van der Waals surface area contributed by atoms with Crippen LogP contribution in [0.5, 0.6) is 0 Å². The maximum absolute atomic E-state index is 11.0. The van der Waals surface area contributed by atoms with Crippen molar-refractivity contribution in [2.45, 2.75) is 6.92 Å². The molecule has 0 bridgehead atoms. The van der Waals surface area contributed by atoms with Crippen molar-refractivity contribution in [3.63, 3.8) is 0 Å². The highest BCUT2D eigenvalue weighted by molar-refractivity contribution is 7.92. The quantitative estimate of drug-likeness (QED) is 0.306. The van der Waals surface area contributed by atoms with E-state index in [-0.39, 0.29) is 0 Å². The van der Waals surface area contributed by atoms with Crippen LogP contribution >= 0.6 is 28.7 Å². The monoisotopic (exact) mass is 408 g/mol. The van der Waals surface area contributed by atoms with Crippen molar-refractivity contribution in [1.29, 1.82) is 0 Å². The van der Waals surface area contributed by atoms with Crippen molar-refractivity contribution in [2.75, 3.05) is 16.3 Å². The third-order valence-corrected chi connectivity index (χ3v) is 2.19. The molecule has 0 saturated heterocycles. The molecule has 0 amide bonds. The molecule has 6 N–H and O–H groups in total. The molecule has 0 radical (unpaired) electrons. The molecule has 0 fully saturated rings. The summed E-state index contributed by atoms with van der Waals surface area (Å²) in [7, 11) is -9.49. The zero-order valence-electron chi connectivity index (χ0n) is 12.0. The first-order chi connectivity index (χ1) is 10.3. The first kappa shape index (κ1) is 24.4. The van der Waals surface area contributed by atoms with Crippen molar-refractivity contribution in [3.8, 4) is 0 Å². The van der Waals surface area contributed by atoms with Crippen LogP contribution in [0.1, 0.15) is 6.92 Å². The zero-order valence-corrected chi connectivity index (χ0v) is 15.7. The highest BCUT2D eigenvalue weighted by Gasteiger charge is 2.02. The third-order valence-electron chi connectivity index (χ3n) is 1.49. The molecule has 10 nitrogen and oxygen atoms in total. The van der Waals surface area contributed by atoms with Gasteiger partial charge in [-0.15, -0.1) is 0 Å². The molecule has 14 heteroatoms. The summed E-state index contributed by atoms with van der Waals surface area (Å²) in [5, 5.41) is 2.93. The predicted molar refractivity (Wildman–Crippen MR) is 93.7 cm³/mol. The Hall–Kier alpha value is -0.840. The summed E-state index contributed by atoms with van der Waals surface area (Å²) in [6.07, 6.45) is 1.11. The number of hydrogen-bond donors (Lipinski definition) is 6. The van der Waals surface area contributed by atoms with Gasteiger partial charge in [-0.3, -0.25) is 13.9 Å². The minimum atomic E-state index is -3.23. The van der Waals surface area contributed by atoms with Crippen molar-refractivity contribution < 1.29 is 37.1 Å². The molecule has 0 saturated carbocycles. The molecule has 1 aromatic rings. The summed E-state index contributed by atoms with van der Waals surface area (Å²) in [5.41, 5.74) is 1.27. The first-order valence-corrected chi connectivity index (χ1v) is 10.4. The molecule has 0 aliphatic rings. The number of benzene rings is 1. The van der Waals surface area contributed by atoms with Crippen molar-refractivity contribution >= 4 is 55.1 Å². The van der Waals surface area contributed by atoms with Gasteiger partial charge in [0.05, 0.1) is 16.9 Å². The topological polar surface area (TPSA) is 173 Å². The molecule has 0 atom stereocenters. The van der Waals surface area contributed by atoms with Crippen LogP contribution in [0.2, 0.25) is 0 Å². The lowest BCUT2D eigenvalue weighted by molar-refractivity contribution is 0.403.